The number of aryl methyl sites for hydroxylation is 1. The second kappa shape index (κ2) is 14.2. The van der Waals surface area contributed by atoms with Crippen LogP contribution in [0.15, 0.2) is 36.4 Å². The predicted octanol–water partition coefficient (Wildman–Crippen LogP) is 6.06. The van der Waals surface area contributed by atoms with Crippen molar-refractivity contribution in [2.24, 2.45) is 0 Å². The van der Waals surface area contributed by atoms with Crippen LogP contribution in [0.4, 0.5) is 0 Å². The fourth-order valence-electron chi connectivity index (χ4n) is 3.53. The van der Waals surface area contributed by atoms with E-state index in [-0.39, 0.29) is 30.8 Å². The van der Waals surface area contributed by atoms with Gasteiger partial charge in [0.2, 0.25) is 11.8 Å². The molecular weight excluding hydrogens is 487 g/mol. The summed E-state index contributed by atoms with van der Waals surface area (Å²) in [4.78, 5) is 27.9. The van der Waals surface area contributed by atoms with Crippen molar-refractivity contribution in [3.05, 3.63) is 57.6 Å². The van der Waals surface area contributed by atoms with Crippen molar-refractivity contribution in [1.29, 1.82) is 0 Å². The van der Waals surface area contributed by atoms with E-state index in [1.54, 1.807) is 24.0 Å². The van der Waals surface area contributed by atoms with E-state index in [9.17, 15) is 9.59 Å². The Morgan fingerprint density at radius 2 is 1.57 bits per heavy atom. The molecule has 0 radical (unpaired) electrons. The Hall–Kier alpha value is -2.44. The molecule has 8 heteroatoms. The quantitative estimate of drug-likeness (QED) is 0.347. The molecule has 0 fully saturated rings. The minimum Gasteiger partial charge on any atom is -0.490 e. The van der Waals surface area contributed by atoms with Crippen LogP contribution in [0.3, 0.4) is 0 Å². The zero-order valence-corrected chi connectivity index (χ0v) is 22.7. The van der Waals surface area contributed by atoms with Gasteiger partial charge in [-0.3, -0.25) is 9.59 Å². The van der Waals surface area contributed by atoms with Crippen LogP contribution < -0.4 is 14.8 Å². The maximum absolute atomic E-state index is 13.4. The van der Waals surface area contributed by atoms with E-state index >= 15 is 0 Å². The SMILES string of the molecule is CCOc1ccc(CCC(=O)N(Cc2ccc(Cl)c(Cl)c2)[C@H](C)C(=O)N[C@H](C)CC)cc1OCC. The second-order valence-corrected chi connectivity index (χ2v) is 9.23. The van der Waals surface area contributed by atoms with Crippen LogP contribution in [-0.4, -0.2) is 42.0 Å². The lowest BCUT2D eigenvalue weighted by molar-refractivity contribution is -0.140. The molecule has 0 aliphatic carbocycles. The maximum atomic E-state index is 13.4. The van der Waals surface area contributed by atoms with Gasteiger partial charge in [0.05, 0.1) is 23.3 Å². The Balaban J connectivity index is 2.21. The summed E-state index contributed by atoms with van der Waals surface area (Å²) < 4.78 is 11.3. The van der Waals surface area contributed by atoms with Crippen LogP contribution in [-0.2, 0) is 22.6 Å². The smallest absolute Gasteiger partial charge is 0.242 e. The van der Waals surface area contributed by atoms with E-state index in [0.717, 1.165) is 17.5 Å². The van der Waals surface area contributed by atoms with E-state index in [1.807, 2.05) is 52.0 Å². The van der Waals surface area contributed by atoms with E-state index in [0.29, 0.717) is 41.2 Å². The summed E-state index contributed by atoms with van der Waals surface area (Å²) in [5, 5.41) is 3.82. The Morgan fingerprint density at radius 3 is 2.20 bits per heavy atom. The minimum atomic E-state index is -0.648. The summed E-state index contributed by atoms with van der Waals surface area (Å²) >= 11 is 12.2. The third-order valence-electron chi connectivity index (χ3n) is 5.74. The molecule has 0 aliphatic rings. The second-order valence-electron chi connectivity index (χ2n) is 8.41. The van der Waals surface area contributed by atoms with Gasteiger partial charge in [0.25, 0.3) is 0 Å². The first-order valence-electron chi connectivity index (χ1n) is 12.1. The molecule has 2 aromatic rings. The molecule has 0 aliphatic heterocycles. The predicted molar refractivity (Wildman–Crippen MR) is 141 cm³/mol. The molecule has 0 bridgehead atoms. The van der Waals surface area contributed by atoms with Gasteiger partial charge >= 0.3 is 0 Å². The first-order valence-corrected chi connectivity index (χ1v) is 12.9. The zero-order chi connectivity index (χ0) is 26.0. The molecule has 35 heavy (non-hydrogen) atoms. The highest BCUT2D eigenvalue weighted by atomic mass is 35.5. The van der Waals surface area contributed by atoms with Gasteiger partial charge < -0.3 is 19.7 Å². The van der Waals surface area contributed by atoms with Crippen molar-refractivity contribution >= 4 is 35.0 Å². The highest BCUT2D eigenvalue weighted by Gasteiger charge is 2.27. The number of hydrogen-bond donors (Lipinski definition) is 1. The average molecular weight is 524 g/mol. The molecule has 0 aromatic heterocycles. The monoisotopic (exact) mass is 522 g/mol. The molecule has 2 rings (SSSR count). The van der Waals surface area contributed by atoms with Crippen LogP contribution >= 0.6 is 23.2 Å². The third kappa shape index (κ3) is 8.62. The molecule has 2 atom stereocenters. The molecule has 2 aromatic carbocycles. The average Bonchev–Trinajstić information content (AvgIpc) is 2.84. The number of halogens is 2. The Bertz CT molecular complexity index is 999. The molecular formula is C27H36Cl2N2O4. The molecule has 0 unspecified atom stereocenters. The summed E-state index contributed by atoms with van der Waals surface area (Å²) in [5.74, 6) is 1.02. The van der Waals surface area contributed by atoms with Crippen molar-refractivity contribution in [3.8, 4) is 11.5 Å². The van der Waals surface area contributed by atoms with Crippen molar-refractivity contribution in [2.45, 2.75) is 72.5 Å². The van der Waals surface area contributed by atoms with E-state index < -0.39 is 6.04 Å². The number of carbonyl (C=O) groups is 2. The number of nitrogens with zero attached hydrogens (tertiary/aromatic N) is 1. The molecule has 0 heterocycles. The fraction of sp³-hybridized carbons (Fsp3) is 0.481. The molecule has 0 saturated carbocycles. The zero-order valence-electron chi connectivity index (χ0n) is 21.2. The van der Waals surface area contributed by atoms with Crippen LogP contribution in [0.1, 0.15) is 58.6 Å². The topological polar surface area (TPSA) is 67.9 Å². The van der Waals surface area contributed by atoms with Gasteiger partial charge in [0, 0.05) is 19.0 Å². The first-order chi connectivity index (χ1) is 16.7. The van der Waals surface area contributed by atoms with Crippen molar-refractivity contribution < 1.29 is 19.1 Å². The highest BCUT2D eigenvalue weighted by Crippen LogP contribution is 2.29. The number of amides is 2. The number of ether oxygens (including phenoxy) is 2. The fourth-order valence-corrected chi connectivity index (χ4v) is 3.85. The third-order valence-corrected chi connectivity index (χ3v) is 6.48. The van der Waals surface area contributed by atoms with Crippen molar-refractivity contribution in [3.63, 3.8) is 0 Å². The summed E-state index contributed by atoms with van der Waals surface area (Å²) in [5.41, 5.74) is 1.76. The lowest BCUT2D eigenvalue weighted by atomic mass is 10.1. The Kier molecular flexibility index (Phi) is 11.7. The summed E-state index contributed by atoms with van der Waals surface area (Å²) in [6, 6.07) is 10.3. The van der Waals surface area contributed by atoms with E-state index in [2.05, 4.69) is 5.32 Å². The lowest BCUT2D eigenvalue weighted by Crippen LogP contribution is -2.49. The molecule has 2 amide bonds. The van der Waals surface area contributed by atoms with Crippen molar-refractivity contribution in [2.75, 3.05) is 13.2 Å². The Morgan fingerprint density at radius 1 is 0.914 bits per heavy atom. The van der Waals surface area contributed by atoms with E-state index in [4.69, 9.17) is 32.7 Å². The summed E-state index contributed by atoms with van der Waals surface area (Å²) in [6.07, 6.45) is 1.55. The van der Waals surface area contributed by atoms with Gasteiger partial charge in [-0.2, -0.15) is 0 Å². The number of carbonyl (C=O) groups excluding carboxylic acids is 2. The van der Waals surface area contributed by atoms with Gasteiger partial charge in [-0.15, -0.1) is 0 Å². The first kappa shape index (κ1) is 28.8. The molecule has 0 spiro atoms. The number of nitrogens with one attached hydrogen (secondary N) is 1. The minimum absolute atomic E-state index is 0.0210. The molecule has 0 saturated heterocycles. The molecule has 1 N–H and O–H groups in total. The van der Waals surface area contributed by atoms with Crippen LogP contribution in [0.2, 0.25) is 10.0 Å². The maximum Gasteiger partial charge on any atom is 0.242 e. The van der Waals surface area contributed by atoms with Crippen molar-refractivity contribution in [1.82, 2.24) is 10.2 Å². The van der Waals surface area contributed by atoms with Crippen LogP contribution in [0, 0.1) is 0 Å². The van der Waals surface area contributed by atoms with Gasteiger partial charge in [0.15, 0.2) is 11.5 Å². The molecule has 6 nitrogen and oxygen atoms in total. The summed E-state index contributed by atoms with van der Waals surface area (Å²) in [7, 11) is 0. The van der Waals surface area contributed by atoms with E-state index in [1.165, 1.54) is 0 Å². The van der Waals surface area contributed by atoms with Crippen LogP contribution in [0.25, 0.3) is 0 Å². The standard InChI is InChI=1S/C27H36Cl2N2O4/c1-6-18(4)30-27(33)19(5)31(17-21-9-12-22(28)23(29)15-21)26(32)14-11-20-10-13-24(34-7-2)25(16-20)35-8-3/h9-10,12-13,15-16,18-19H,6-8,11,14,17H2,1-5H3,(H,30,33)/t18-,19-/m1/s1. The Labute approximate surface area is 218 Å². The van der Waals surface area contributed by atoms with Gasteiger partial charge in [-0.1, -0.05) is 42.3 Å². The van der Waals surface area contributed by atoms with Gasteiger partial charge in [0.1, 0.15) is 6.04 Å². The number of benzene rings is 2. The van der Waals surface area contributed by atoms with Crippen LogP contribution in [0.5, 0.6) is 11.5 Å². The normalized spacial score (nSPS) is 12.5. The lowest BCUT2D eigenvalue weighted by Gasteiger charge is -2.30. The number of hydrogen-bond acceptors (Lipinski definition) is 4. The summed E-state index contributed by atoms with van der Waals surface area (Å²) in [6.45, 7) is 10.8. The van der Waals surface area contributed by atoms with Gasteiger partial charge in [-0.05, 0) is 75.9 Å². The van der Waals surface area contributed by atoms with Gasteiger partial charge in [-0.25, -0.2) is 0 Å². The molecule has 192 valence electrons. The highest BCUT2D eigenvalue weighted by molar-refractivity contribution is 6.42. The largest absolute Gasteiger partial charge is 0.490 e. The number of rotatable bonds is 13.